The average Bonchev–Trinajstić information content (AvgIpc) is 2.36. The van der Waals surface area contributed by atoms with Crippen LogP contribution in [-0.4, -0.2) is 13.4 Å². The summed E-state index contributed by atoms with van der Waals surface area (Å²) in [4.78, 5) is 3.65. The number of nitrogens with zero attached hydrogens (tertiary/aromatic N) is 1. The van der Waals surface area contributed by atoms with Crippen LogP contribution in [0.3, 0.4) is 0 Å². The van der Waals surface area contributed by atoms with E-state index in [1.165, 1.54) is 24.3 Å². The lowest BCUT2D eigenvalue weighted by Crippen LogP contribution is -2.15. The van der Waals surface area contributed by atoms with Crippen molar-refractivity contribution >= 4 is 56.2 Å². The van der Waals surface area contributed by atoms with E-state index in [0.717, 1.165) is 0 Å². The zero-order valence-electron chi connectivity index (χ0n) is 10.7. The van der Waals surface area contributed by atoms with Gasteiger partial charge in [-0.1, -0.05) is 34.8 Å². The SMILES string of the molecule is Cc1cc(Cl)nc(Cl)c1NS(=O)(=O)c1cc(N)ccc1Cl. The number of anilines is 2. The van der Waals surface area contributed by atoms with Crippen molar-refractivity contribution in [1.82, 2.24) is 4.98 Å². The predicted molar refractivity (Wildman–Crippen MR) is 85.7 cm³/mol. The first-order chi connectivity index (χ1) is 9.70. The van der Waals surface area contributed by atoms with E-state index < -0.39 is 10.0 Å². The number of nitrogens with one attached hydrogen (secondary N) is 1. The number of pyridine rings is 1. The van der Waals surface area contributed by atoms with Crippen molar-refractivity contribution < 1.29 is 8.42 Å². The van der Waals surface area contributed by atoms with E-state index in [9.17, 15) is 8.42 Å². The summed E-state index contributed by atoms with van der Waals surface area (Å²) in [5.74, 6) is 0. The van der Waals surface area contributed by atoms with Gasteiger partial charge in [-0.05, 0) is 36.8 Å². The van der Waals surface area contributed by atoms with E-state index in [-0.39, 0.29) is 31.6 Å². The van der Waals surface area contributed by atoms with Gasteiger partial charge in [-0.15, -0.1) is 0 Å². The van der Waals surface area contributed by atoms with Crippen LogP contribution in [0.5, 0.6) is 0 Å². The first-order valence-corrected chi connectivity index (χ1v) is 8.23. The zero-order valence-corrected chi connectivity index (χ0v) is 13.8. The number of hydrogen-bond acceptors (Lipinski definition) is 4. The molecule has 112 valence electrons. The number of aryl methyl sites for hydroxylation is 1. The Hall–Kier alpha value is -1.21. The van der Waals surface area contributed by atoms with Crippen molar-refractivity contribution in [1.29, 1.82) is 0 Å². The molecular weight excluding hydrogens is 357 g/mol. The van der Waals surface area contributed by atoms with Crippen molar-refractivity contribution in [2.75, 3.05) is 10.5 Å². The van der Waals surface area contributed by atoms with Gasteiger partial charge in [-0.2, -0.15) is 0 Å². The third-order valence-electron chi connectivity index (χ3n) is 2.62. The molecule has 1 aromatic heterocycles. The summed E-state index contributed by atoms with van der Waals surface area (Å²) in [6.45, 7) is 1.65. The molecule has 0 amide bonds. The van der Waals surface area contributed by atoms with E-state index in [4.69, 9.17) is 40.5 Å². The molecule has 21 heavy (non-hydrogen) atoms. The van der Waals surface area contributed by atoms with Gasteiger partial charge in [-0.3, -0.25) is 4.72 Å². The Bertz CT molecular complexity index is 786. The lowest BCUT2D eigenvalue weighted by molar-refractivity contribution is 0.601. The Labute approximate surface area is 137 Å². The van der Waals surface area contributed by atoms with Crippen LogP contribution in [0.25, 0.3) is 0 Å². The Balaban J connectivity index is 2.50. The third kappa shape index (κ3) is 3.52. The summed E-state index contributed by atoms with van der Waals surface area (Å²) in [6.07, 6.45) is 0. The molecule has 0 aliphatic heterocycles. The highest BCUT2D eigenvalue weighted by Gasteiger charge is 2.21. The molecule has 0 aliphatic carbocycles. The van der Waals surface area contributed by atoms with Crippen LogP contribution < -0.4 is 10.5 Å². The standard InChI is InChI=1S/C12H10Cl3N3O2S/c1-6-4-10(14)17-12(15)11(6)18-21(19,20)9-5-7(16)2-3-8(9)13/h2-5,18H,16H2,1H3. The topological polar surface area (TPSA) is 85.1 Å². The number of hydrogen-bond donors (Lipinski definition) is 2. The van der Waals surface area contributed by atoms with Crippen molar-refractivity contribution in [3.05, 3.63) is 45.2 Å². The van der Waals surface area contributed by atoms with Gasteiger partial charge in [-0.25, -0.2) is 13.4 Å². The molecule has 2 rings (SSSR count). The molecule has 0 aliphatic rings. The minimum Gasteiger partial charge on any atom is -0.399 e. The number of nitrogens with two attached hydrogens (primary N) is 1. The van der Waals surface area contributed by atoms with Crippen molar-refractivity contribution in [2.24, 2.45) is 0 Å². The normalized spacial score (nSPS) is 11.4. The fourth-order valence-electron chi connectivity index (χ4n) is 1.63. The summed E-state index contributed by atoms with van der Waals surface area (Å²) >= 11 is 17.6. The van der Waals surface area contributed by atoms with E-state index in [0.29, 0.717) is 5.56 Å². The number of aromatic nitrogens is 1. The van der Waals surface area contributed by atoms with E-state index in [1.54, 1.807) is 6.92 Å². The van der Waals surface area contributed by atoms with Gasteiger partial charge in [0.1, 0.15) is 10.0 Å². The van der Waals surface area contributed by atoms with E-state index in [2.05, 4.69) is 9.71 Å². The lowest BCUT2D eigenvalue weighted by atomic mass is 10.3. The number of nitrogen functional groups attached to an aromatic ring is 1. The maximum absolute atomic E-state index is 12.4. The number of halogens is 3. The second kappa shape index (κ2) is 5.88. The molecule has 0 spiro atoms. The molecule has 5 nitrogen and oxygen atoms in total. The second-order valence-corrected chi connectivity index (χ2v) is 7.03. The molecule has 9 heteroatoms. The monoisotopic (exact) mass is 365 g/mol. The molecule has 1 heterocycles. The summed E-state index contributed by atoms with van der Waals surface area (Å²) in [7, 11) is -3.95. The quantitative estimate of drug-likeness (QED) is 0.640. The van der Waals surface area contributed by atoms with Crippen LogP contribution in [0.15, 0.2) is 29.2 Å². The van der Waals surface area contributed by atoms with Crippen LogP contribution in [0.2, 0.25) is 15.3 Å². The first kappa shape index (κ1) is 16.2. The highest BCUT2D eigenvalue weighted by Crippen LogP contribution is 2.31. The van der Waals surface area contributed by atoms with Gasteiger partial charge < -0.3 is 5.73 Å². The third-order valence-corrected chi connectivity index (χ3v) is 4.92. The molecular formula is C12H10Cl3N3O2S. The smallest absolute Gasteiger partial charge is 0.263 e. The number of benzene rings is 1. The summed E-state index contributed by atoms with van der Waals surface area (Å²) < 4.78 is 27.1. The molecule has 0 saturated heterocycles. The van der Waals surface area contributed by atoms with Gasteiger partial charge in [0, 0.05) is 5.69 Å². The van der Waals surface area contributed by atoms with Gasteiger partial charge in [0.2, 0.25) is 0 Å². The minimum atomic E-state index is -3.95. The minimum absolute atomic E-state index is 0.0485. The molecule has 3 N–H and O–H groups in total. The number of rotatable bonds is 3. The molecule has 0 unspecified atom stereocenters. The van der Waals surface area contributed by atoms with Gasteiger partial charge in [0.25, 0.3) is 10.0 Å². The van der Waals surface area contributed by atoms with Crippen molar-refractivity contribution in [3.8, 4) is 0 Å². The van der Waals surface area contributed by atoms with Gasteiger partial charge in [0.05, 0.1) is 10.7 Å². The van der Waals surface area contributed by atoms with Crippen molar-refractivity contribution in [3.63, 3.8) is 0 Å². The van der Waals surface area contributed by atoms with Gasteiger partial charge in [0.15, 0.2) is 5.15 Å². The molecule has 0 bridgehead atoms. The molecule has 0 saturated carbocycles. The average molecular weight is 367 g/mol. The Morgan fingerprint density at radius 2 is 1.86 bits per heavy atom. The second-order valence-electron chi connectivity index (χ2n) is 4.22. The van der Waals surface area contributed by atoms with Crippen LogP contribution in [0.4, 0.5) is 11.4 Å². The molecule has 2 aromatic rings. The summed E-state index contributed by atoms with van der Waals surface area (Å²) in [6, 6.07) is 5.66. The van der Waals surface area contributed by atoms with Crippen molar-refractivity contribution in [2.45, 2.75) is 11.8 Å². The van der Waals surface area contributed by atoms with Crippen LogP contribution in [-0.2, 0) is 10.0 Å². The summed E-state index contributed by atoms with van der Waals surface area (Å²) in [5, 5.41) is 0.165. The fourth-order valence-corrected chi connectivity index (χ4v) is 3.94. The maximum atomic E-state index is 12.4. The molecule has 0 fully saturated rings. The Morgan fingerprint density at radius 1 is 1.19 bits per heavy atom. The molecule has 0 radical (unpaired) electrons. The fraction of sp³-hybridized carbons (Fsp3) is 0.0833. The predicted octanol–water partition coefficient (Wildman–Crippen LogP) is 3.73. The Kier molecular flexibility index (Phi) is 4.53. The van der Waals surface area contributed by atoms with Crippen LogP contribution in [0, 0.1) is 6.92 Å². The largest absolute Gasteiger partial charge is 0.399 e. The van der Waals surface area contributed by atoms with Crippen LogP contribution in [0.1, 0.15) is 5.56 Å². The highest BCUT2D eigenvalue weighted by atomic mass is 35.5. The summed E-state index contributed by atoms with van der Waals surface area (Å²) in [5.41, 5.74) is 6.53. The maximum Gasteiger partial charge on any atom is 0.263 e. The first-order valence-electron chi connectivity index (χ1n) is 5.61. The highest BCUT2D eigenvalue weighted by molar-refractivity contribution is 7.92. The van der Waals surface area contributed by atoms with Crippen LogP contribution >= 0.6 is 34.8 Å². The Morgan fingerprint density at radius 3 is 2.48 bits per heavy atom. The molecule has 1 aromatic carbocycles. The van der Waals surface area contributed by atoms with E-state index in [1.807, 2.05) is 0 Å². The van der Waals surface area contributed by atoms with Gasteiger partial charge >= 0.3 is 0 Å². The number of sulfonamides is 1. The zero-order chi connectivity index (χ0) is 15.8. The lowest BCUT2D eigenvalue weighted by Gasteiger charge is -2.13. The van der Waals surface area contributed by atoms with E-state index >= 15 is 0 Å². The molecule has 0 atom stereocenters.